The lowest BCUT2D eigenvalue weighted by molar-refractivity contribution is 0.401. The Labute approximate surface area is 82.2 Å². The van der Waals surface area contributed by atoms with E-state index in [2.05, 4.69) is 19.3 Å². The predicted octanol–water partition coefficient (Wildman–Crippen LogP) is 2.44. The number of hydrazine groups is 1. The average molecular weight is 184 g/mol. The first kappa shape index (κ1) is 11.0. The zero-order chi connectivity index (χ0) is 9.68. The molecule has 1 aliphatic carbocycles. The molecule has 0 bridgehead atoms. The van der Waals surface area contributed by atoms with Crippen LogP contribution in [0.3, 0.4) is 0 Å². The minimum Gasteiger partial charge on any atom is -0.271 e. The fraction of sp³-hybridized carbons (Fsp3) is 1.00. The van der Waals surface area contributed by atoms with Crippen molar-refractivity contribution in [1.82, 2.24) is 5.43 Å². The molecule has 1 unspecified atom stereocenters. The molecule has 78 valence electrons. The van der Waals surface area contributed by atoms with Crippen molar-refractivity contribution in [3.05, 3.63) is 0 Å². The Balaban J connectivity index is 2.02. The van der Waals surface area contributed by atoms with Gasteiger partial charge < -0.3 is 0 Å². The Kier molecular flexibility index (Phi) is 4.74. The van der Waals surface area contributed by atoms with E-state index in [4.69, 9.17) is 5.84 Å². The van der Waals surface area contributed by atoms with E-state index in [9.17, 15) is 0 Å². The summed E-state index contributed by atoms with van der Waals surface area (Å²) in [5.74, 6) is 7.36. The molecule has 0 aliphatic heterocycles. The van der Waals surface area contributed by atoms with Gasteiger partial charge in [-0.1, -0.05) is 26.7 Å². The van der Waals surface area contributed by atoms with Crippen LogP contribution in [0.1, 0.15) is 52.4 Å². The van der Waals surface area contributed by atoms with Crippen molar-refractivity contribution in [2.24, 2.45) is 17.7 Å². The molecule has 1 fully saturated rings. The summed E-state index contributed by atoms with van der Waals surface area (Å²) in [5, 5.41) is 0. The van der Waals surface area contributed by atoms with Crippen LogP contribution in [0.4, 0.5) is 0 Å². The SMILES string of the molecule is CC(C)CCC(CCC1CC1)NN. The lowest BCUT2D eigenvalue weighted by atomic mass is 9.99. The van der Waals surface area contributed by atoms with Gasteiger partial charge in [-0.3, -0.25) is 11.3 Å². The van der Waals surface area contributed by atoms with E-state index in [-0.39, 0.29) is 0 Å². The Hall–Kier alpha value is -0.0800. The van der Waals surface area contributed by atoms with Crippen molar-refractivity contribution in [2.75, 3.05) is 0 Å². The summed E-state index contributed by atoms with van der Waals surface area (Å²) in [6, 6.07) is 0.558. The zero-order valence-electron chi connectivity index (χ0n) is 9.05. The number of hydrogen-bond donors (Lipinski definition) is 2. The highest BCUT2D eigenvalue weighted by Crippen LogP contribution is 2.34. The minimum absolute atomic E-state index is 0.558. The van der Waals surface area contributed by atoms with Crippen LogP contribution in [-0.4, -0.2) is 6.04 Å². The molecule has 1 rings (SSSR count). The van der Waals surface area contributed by atoms with Crippen LogP contribution < -0.4 is 11.3 Å². The molecule has 0 amide bonds. The molecule has 0 radical (unpaired) electrons. The van der Waals surface area contributed by atoms with Gasteiger partial charge in [-0.25, -0.2) is 0 Å². The normalized spacial score (nSPS) is 19.4. The van der Waals surface area contributed by atoms with Crippen LogP contribution >= 0.6 is 0 Å². The molecule has 0 spiro atoms. The summed E-state index contributed by atoms with van der Waals surface area (Å²) in [5.41, 5.74) is 2.94. The summed E-state index contributed by atoms with van der Waals surface area (Å²) < 4.78 is 0. The van der Waals surface area contributed by atoms with Crippen molar-refractivity contribution in [3.63, 3.8) is 0 Å². The Morgan fingerprint density at radius 2 is 1.92 bits per heavy atom. The van der Waals surface area contributed by atoms with E-state index in [1.54, 1.807) is 0 Å². The van der Waals surface area contributed by atoms with Gasteiger partial charge in [0.2, 0.25) is 0 Å². The molecule has 1 saturated carbocycles. The maximum atomic E-state index is 5.52. The van der Waals surface area contributed by atoms with Gasteiger partial charge in [0, 0.05) is 6.04 Å². The fourth-order valence-electron chi connectivity index (χ4n) is 1.69. The van der Waals surface area contributed by atoms with E-state index in [1.807, 2.05) is 0 Å². The predicted molar refractivity (Wildman–Crippen MR) is 57.1 cm³/mol. The number of rotatable bonds is 7. The van der Waals surface area contributed by atoms with Gasteiger partial charge >= 0.3 is 0 Å². The number of nitrogens with one attached hydrogen (secondary N) is 1. The van der Waals surface area contributed by atoms with Crippen molar-refractivity contribution in [1.29, 1.82) is 0 Å². The summed E-state index contributed by atoms with van der Waals surface area (Å²) in [4.78, 5) is 0. The average Bonchev–Trinajstić information content (AvgIpc) is 2.88. The highest BCUT2D eigenvalue weighted by atomic mass is 15.2. The lowest BCUT2D eigenvalue weighted by Gasteiger charge is -2.16. The fourth-order valence-corrected chi connectivity index (χ4v) is 1.69. The van der Waals surface area contributed by atoms with Crippen molar-refractivity contribution in [2.45, 2.75) is 58.4 Å². The van der Waals surface area contributed by atoms with Crippen LogP contribution in [0.5, 0.6) is 0 Å². The van der Waals surface area contributed by atoms with Gasteiger partial charge in [-0.05, 0) is 37.5 Å². The standard InChI is InChI=1S/C11H24N2/c1-9(2)3-7-11(13-12)8-6-10-4-5-10/h9-11,13H,3-8,12H2,1-2H3. The van der Waals surface area contributed by atoms with Gasteiger partial charge in [0.1, 0.15) is 0 Å². The van der Waals surface area contributed by atoms with E-state index in [0.717, 1.165) is 11.8 Å². The first-order valence-electron chi connectivity index (χ1n) is 5.68. The summed E-state index contributed by atoms with van der Waals surface area (Å²) in [6.45, 7) is 4.54. The van der Waals surface area contributed by atoms with Gasteiger partial charge in [0.05, 0.1) is 0 Å². The molecule has 3 N–H and O–H groups in total. The third kappa shape index (κ3) is 5.27. The van der Waals surface area contributed by atoms with Crippen molar-refractivity contribution >= 4 is 0 Å². The first-order chi connectivity index (χ1) is 6.22. The van der Waals surface area contributed by atoms with Gasteiger partial charge in [0.15, 0.2) is 0 Å². The second kappa shape index (κ2) is 5.61. The van der Waals surface area contributed by atoms with Gasteiger partial charge in [-0.15, -0.1) is 0 Å². The molecular weight excluding hydrogens is 160 g/mol. The highest BCUT2D eigenvalue weighted by molar-refractivity contribution is 4.76. The van der Waals surface area contributed by atoms with Crippen molar-refractivity contribution in [3.8, 4) is 0 Å². The second-order valence-corrected chi connectivity index (χ2v) is 4.86. The van der Waals surface area contributed by atoms with E-state index in [0.29, 0.717) is 6.04 Å². The molecule has 2 nitrogen and oxygen atoms in total. The van der Waals surface area contributed by atoms with Crippen LogP contribution in [0.25, 0.3) is 0 Å². The summed E-state index contributed by atoms with van der Waals surface area (Å²) in [6.07, 6.45) is 8.10. The topological polar surface area (TPSA) is 38.0 Å². The third-order valence-corrected chi connectivity index (χ3v) is 2.95. The molecule has 0 heterocycles. The van der Waals surface area contributed by atoms with Crippen molar-refractivity contribution < 1.29 is 0 Å². The second-order valence-electron chi connectivity index (χ2n) is 4.86. The monoisotopic (exact) mass is 184 g/mol. The van der Waals surface area contributed by atoms with Crippen LogP contribution in [0.2, 0.25) is 0 Å². The molecule has 0 aromatic heterocycles. The maximum absolute atomic E-state index is 5.52. The van der Waals surface area contributed by atoms with Gasteiger partial charge in [-0.2, -0.15) is 0 Å². The van der Waals surface area contributed by atoms with Crippen LogP contribution in [0, 0.1) is 11.8 Å². The molecule has 2 heteroatoms. The molecule has 0 saturated heterocycles. The molecule has 0 aromatic rings. The van der Waals surface area contributed by atoms with E-state index in [1.165, 1.54) is 38.5 Å². The highest BCUT2D eigenvalue weighted by Gasteiger charge is 2.22. The number of nitrogens with two attached hydrogens (primary N) is 1. The van der Waals surface area contributed by atoms with E-state index >= 15 is 0 Å². The minimum atomic E-state index is 0.558. The maximum Gasteiger partial charge on any atom is 0.0210 e. The smallest absolute Gasteiger partial charge is 0.0210 e. The number of hydrogen-bond acceptors (Lipinski definition) is 2. The molecular formula is C11H24N2. The summed E-state index contributed by atoms with van der Waals surface area (Å²) in [7, 11) is 0. The molecule has 1 atom stereocenters. The largest absolute Gasteiger partial charge is 0.271 e. The molecule has 0 aromatic carbocycles. The third-order valence-electron chi connectivity index (χ3n) is 2.95. The van der Waals surface area contributed by atoms with Gasteiger partial charge in [0.25, 0.3) is 0 Å². The quantitative estimate of drug-likeness (QED) is 0.471. The molecule has 1 aliphatic rings. The van der Waals surface area contributed by atoms with Crippen LogP contribution in [0.15, 0.2) is 0 Å². The Bertz CT molecular complexity index is 124. The summed E-state index contributed by atoms with van der Waals surface area (Å²) >= 11 is 0. The van der Waals surface area contributed by atoms with E-state index < -0.39 is 0 Å². The van der Waals surface area contributed by atoms with Crippen LogP contribution in [-0.2, 0) is 0 Å². The zero-order valence-corrected chi connectivity index (χ0v) is 9.05. The Morgan fingerprint density at radius 3 is 2.38 bits per heavy atom. The first-order valence-corrected chi connectivity index (χ1v) is 5.68. The Morgan fingerprint density at radius 1 is 1.23 bits per heavy atom. The molecule has 13 heavy (non-hydrogen) atoms. The lowest BCUT2D eigenvalue weighted by Crippen LogP contribution is -2.35.